The number of nitrogens with zero attached hydrogens (tertiary/aromatic N) is 2. The number of hydroxylamine groups is 2. The molecule has 2 unspecified atom stereocenters. The van der Waals surface area contributed by atoms with Gasteiger partial charge in [0.05, 0.1) is 7.11 Å². The van der Waals surface area contributed by atoms with Crippen molar-refractivity contribution < 1.29 is 28.3 Å². The highest BCUT2D eigenvalue weighted by Gasteiger charge is 2.41. The number of likely N-dealkylation sites (tertiary alicyclic amines) is 1. The zero-order valence-electron chi connectivity index (χ0n) is 12.1. The fraction of sp³-hybridized carbons (Fsp3) is 0.429. The van der Waals surface area contributed by atoms with Crippen molar-refractivity contribution in [2.24, 2.45) is 0 Å². The summed E-state index contributed by atoms with van der Waals surface area (Å²) < 4.78 is 26.6. The van der Waals surface area contributed by atoms with Gasteiger partial charge in [0.15, 0.2) is 0 Å². The molecule has 2 atom stereocenters. The van der Waals surface area contributed by atoms with E-state index in [-0.39, 0.29) is 13.0 Å². The van der Waals surface area contributed by atoms with E-state index in [1.807, 2.05) is 0 Å². The molecule has 1 fully saturated rings. The van der Waals surface area contributed by atoms with E-state index < -0.39 is 35.6 Å². The molecule has 1 aliphatic rings. The summed E-state index contributed by atoms with van der Waals surface area (Å²) in [6, 6.07) is 2.11. The quantitative estimate of drug-likeness (QED) is 0.864. The van der Waals surface area contributed by atoms with Crippen LogP contribution in [0.15, 0.2) is 18.2 Å². The van der Waals surface area contributed by atoms with E-state index in [4.69, 9.17) is 4.84 Å². The summed E-state index contributed by atoms with van der Waals surface area (Å²) in [6.07, 6.45) is -1.12. The average molecular weight is 314 g/mol. The lowest BCUT2D eigenvalue weighted by Gasteiger charge is -2.24. The Bertz CT molecular complexity index is 576. The standard InChI is InChI=1S/C14H16F2N2O4/c1-17(22-2)13(19)12-5-9(7-18(12)14(20)21)8-3-10(15)6-11(16)4-8/h3-4,6,9,12H,5,7H2,1-2H3,(H,20,21). The van der Waals surface area contributed by atoms with Crippen molar-refractivity contribution in [3.63, 3.8) is 0 Å². The third kappa shape index (κ3) is 3.16. The molecule has 0 radical (unpaired) electrons. The Morgan fingerprint density at radius 2 is 1.91 bits per heavy atom. The van der Waals surface area contributed by atoms with E-state index in [2.05, 4.69) is 0 Å². The molecule has 1 saturated heterocycles. The Morgan fingerprint density at radius 3 is 2.41 bits per heavy atom. The van der Waals surface area contributed by atoms with Crippen LogP contribution in [0.25, 0.3) is 0 Å². The minimum absolute atomic E-state index is 0.00775. The Labute approximate surface area is 125 Å². The van der Waals surface area contributed by atoms with Gasteiger partial charge in [0.25, 0.3) is 5.91 Å². The van der Waals surface area contributed by atoms with E-state index in [9.17, 15) is 23.5 Å². The maximum Gasteiger partial charge on any atom is 0.408 e. The number of hydrogen-bond acceptors (Lipinski definition) is 3. The van der Waals surface area contributed by atoms with Crippen molar-refractivity contribution in [2.75, 3.05) is 20.7 Å². The van der Waals surface area contributed by atoms with Gasteiger partial charge in [-0.2, -0.15) is 0 Å². The summed E-state index contributed by atoms with van der Waals surface area (Å²) >= 11 is 0. The summed E-state index contributed by atoms with van der Waals surface area (Å²) in [5.74, 6) is -2.45. The molecule has 0 spiro atoms. The van der Waals surface area contributed by atoms with E-state index in [1.54, 1.807) is 0 Å². The number of carbonyl (C=O) groups is 2. The molecule has 0 bridgehead atoms. The fourth-order valence-corrected chi connectivity index (χ4v) is 2.63. The smallest absolute Gasteiger partial charge is 0.408 e. The van der Waals surface area contributed by atoms with E-state index >= 15 is 0 Å². The molecular formula is C14H16F2N2O4. The molecule has 1 heterocycles. The lowest BCUT2D eigenvalue weighted by Crippen LogP contribution is -2.45. The highest BCUT2D eigenvalue weighted by atomic mass is 19.1. The second-order valence-corrected chi connectivity index (χ2v) is 5.10. The number of rotatable bonds is 3. The molecule has 1 aromatic rings. The van der Waals surface area contributed by atoms with E-state index in [0.29, 0.717) is 5.56 Å². The molecule has 0 aliphatic carbocycles. The van der Waals surface area contributed by atoms with Crippen LogP contribution in [0, 0.1) is 11.6 Å². The van der Waals surface area contributed by atoms with Gasteiger partial charge in [0.2, 0.25) is 0 Å². The van der Waals surface area contributed by atoms with Crippen LogP contribution in [-0.4, -0.2) is 53.8 Å². The normalized spacial score (nSPS) is 21.0. The lowest BCUT2D eigenvalue weighted by molar-refractivity contribution is -0.173. The van der Waals surface area contributed by atoms with Crippen LogP contribution < -0.4 is 0 Å². The third-order valence-corrected chi connectivity index (χ3v) is 3.77. The Balaban J connectivity index is 2.27. The molecule has 2 amide bonds. The monoisotopic (exact) mass is 314 g/mol. The molecule has 1 aromatic carbocycles. The van der Waals surface area contributed by atoms with Crippen LogP contribution in [0.2, 0.25) is 0 Å². The minimum Gasteiger partial charge on any atom is -0.465 e. The van der Waals surface area contributed by atoms with E-state index in [1.165, 1.54) is 14.2 Å². The number of likely N-dealkylation sites (N-methyl/N-ethyl adjacent to an activating group) is 1. The van der Waals surface area contributed by atoms with Crippen molar-refractivity contribution in [3.05, 3.63) is 35.4 Å². The Kier molecular flexibility index (Phi) is 4.60. The van der Waals surface area contributed by atoms with Crippen LogP contribution in [0.4, 0.5) is 13.6 Å². The molecule has 120 valence electrons. The summed E-state index contributed by atoms with van der Waals surface area (Å²) in [5, 5.41) is 10.2. The molecule has 8 heteroatoms. The minimum atomic E-state index is -1.26. The first-order valence-corrected chi connectivity index (χ1v) is 6.60. The summed E-state index contributed by atoms with van der Waals surface area (Å²) in [5.41, 5.74) is 0.333. The Morgan fingerprint density at radius 1 is 1.32 bits per heavy atom. The first-order valence-electron chi connectivity index (χ1n) is 6.60. The zero-order valence-corrected chi connectivity index (χ0v) is 12.1. The number of halogens is 2. The zero-order chi connectivity index (χ0) is 16.4. The third-order valence-electron chi connectivity index (χ3n) is 3.77. The van der Waals surface area contributed by atoms with Crippen LogP contribution in [-0.2, 0) is 9.63 Å². The van der Waals surface area contributed by atoms with Crippen LogP contribution in [0.5, 0.6) is 0 Å². The maximum atomic E-state index is 13.3. The summed E-state index contributed by atoms with van der Waals surface area (Å²) in [4.78, 5) is 29.2. The predicted octanol–water partition coefficient (Wildman–Crippen LogP) is 1.82. The second kappa shape index (κ2) is 6.27. The SMILES string of the molecule is CON(C)C(=O)C1CC(c2cc(F)cc(F)c2)CN1C(=O)O. The van der Waals surface area contributed by atoms with Gasteiger partial charge in [-0.15, -0.1) is 0 Å². The van der Waals surface area contributed by atoms with Gasteiger partial charge in [0.1, 0.15) is 17.7 Å². The number of hydrogen-bond donors (Lipinski definition) is 1. The van der Waals surface area contributed by atoms with E-state index in [0.717, 1.165) is 28.2 Å². The van der Waals surface area contributed by atoms with Gasteiger partial charge >= 0.3 is 6.09 Å². The first-order chi connectivity index (χ1) is 10.3. The topological polar surface area (TPSA) is 70.1 Å². The second-order valence-electron chi connectivity index (χ2n) is 5.10. The molecule has 1 aliphatic heterocycles. The summed E-state index contributed by atoms with van der Waals surface area (Å²) in [7, 11) is 2.66. The largest absolute Gasteiger partial charge is 0.465 e. The number of amides is 2. The fourth-order valence-electron chi connectivity index (χ4n) is 2.63. The maximum absolute atomic E-state index is 13.3. The van der Waals surface area contributed by atoms with Crippen LogP contribution in [0.3, 0.4) is 0 Å². The van der Waals surface area contributed by atoms with Crippen molar-refractivity contribution >= 4 is 12.0 Å². The number of benzene rings is 1. The van der Waals surface area contributed by atoms with Gasteiger partial charge in [-0.3, -0.25) is 14.5 Å². The van der Waals surface area contributed by atoms with Crippen molar-refractivity contribution in [1.29, 1.82) is 0 Å². The molecule has 22 heavy (non-hydrogen) atoms. The number of carboxylic acid groups (broad SMARTS) is 1. The highest BCUT2D eigenvalue weighted by molar-refractivity contribution is 5.85. The van der Waals surface area contributed by atoms with Crippen LogP contribution in [0.1, 0.15) is 17.9 Å². The first kappa shape index (κ1) is 16.2. The van der Waals surface area contributed by atoms with Crippen LogP contribution >= 0.6 is 0 Å². The predicted molar refractivity (Wildman–Crippen MR) is 72.0 cm³/mol. The summed E-state index contributed by atoms with van der Waals surface area (Å²) in [6.45, 7) is -0.00775. The highest BCUT2D eigenvalue weighted by Crippen LogP contribution is 2.33. The van der Waals surface area contributed by atoms with Gasteiger partial charge in [-0.05, 0) is 24.1 Å². The molecule has 6 nitrogen and oxygen atoms in total. The van der Waals surface area contributed by atoms with Gasteiger partial charge in [0, 0.05) is 25.6 Å². The molecule has 2 rings (SSSR count). The number of carbonyl (C=O) groups excluding carboxylic acids is 1. The van der Waals surface area contributed by atoms with Gasteiger partial charge in [-0.25, -0.2) is 18.6 Å². The molecule has 0 saturated carbocycles. The lowest BCUT2D eigenvalue weighted by atomic mass is 9.96. The van der Waals surface area contributed by atoms with Crippen molar-refractivity contribution in [2.45, 2.75) is 18.4 Å². The van der Waals surface area contributed by atoms with Crippen molar-refractivity contribution in [3.8, 4) is 0 Å². The van der Waals surface area contributed by atoms with Gasteiger partial charge in [-0.1, -0.05) is 0 Å². The molecular weight excluding hydrogens is 298 g/mol. The molecule has 1 N–H and O–H groups in total. The molecule has 0 aromatic heterocycles. The van der Waals surface area contributed by atoms with Crippen molar-refractivity contribution in [1.82, 2.24) is 9.96 Å². The van der Waals surface area contributed by atoms with Gasteiger partial charge < -0.3 is 5.11 Å². The average Bonchev–Trinajstić information content (AvgIpc) is 2.90. The Hall–Kier alpha value is -2.22.